The molecule has 0 bridgehead atoms. The Morgan fingerprint density at radius 2 is 1.97 bits per heavy atom. The number of anilines is 2. The SMILES string of the molecule is CNc1nccc(-c2oc(C3CC3)nc2-c2cc(Cl)cc(NS(C)(=O)=O)c2Cl)n1. The number of halogens is 2. The third-order valence-corrected chi connectivity index (χ3v) is 5.49. The Hall–Kier alpha value is -2.36. The van der Waals surface area contributed by atoms with Crippen molar-refractivity contribution in [3.05, 3.63) is 40.3 Å². The molecule has 8 nitrogen and oxygen atoms in total. The summed E-state index contributed by atoms with van der Waals surface area (Å²) < 4.78 is 31.8. The molecular formula is C18H17Cl2N5O3S. The lowest BCUT2D eigenvalue weighted by molar-refractivity contribution is 0.508. The molecule has 2 N–H and O–H groups in total. The smallest absolute Gasteiger partial charge is 0.229 e. The fourth-order valence-electron chi connectivity index (χ4n) is 2.84. The average molecular weight is 454 g/mol. The third-order valence-electron chi connectivity index (χ3n) is 4.27. The van der Waals surface area contributed by atoms with Crippen LogP contribution in [-0.2, 0) is 10.0 Å². The van der Waals surface area contributed by atoms with Crippen molar-refractivity contribution in [2.24, 2.45) is 0 Å². The minimum atomic E-state index is -3.55. The summed E-state index contributed by atoms with van der Waals surface area (Å²) in [6.45, 7) is 0. The maximum atomic E-state index is 11.7. The first kappa shape index (κ1) is 19.9. The van der Waals surface area contributed by atoms with Gasteiger partial charge in [0, 0.05) is 29.7 Å². The summed E-state index contributed by atoms with van der Waals surface area (Å²) in [5.41, 5.74) is 1.57. The van der Waals surface area contributed by atoms with E-state index < -0.39 is 10.0 Å². The summed E-state index contributed by atoms with van der Waals surface area (Å²) in [5, 5.41) is 3.35. The van der Waals surface area contributed by atoms with Crippen LogP contribution in [0.2, 0.25) is 10.0 Å². The summed E-state index contributed by atoms with van der Waals surface area (Å²) in [6, 6.07) is 4.77. The predicted molar refractivity (Wildman–Crippen MR) is 113 cm³/mol. The zero-order valence-electron chi connectivity index (χ0n) is 15.5. The molecule has 0 unspecified atom stereocenters. The number of hydrogen-bond donors (Lipinski definition) is 2. The monoisotopic (exact) mass is 453 g/mol. The normalized spacial score (nSPS) is 14.1. The summed E-state index contributed by atoms with van der Waals surface area (Å²) in [5.74, 6) is 1.68. The van der Waals surface area contributed by atoms with Crippen molar-refractivity contribution in [1.29, 1.82) is 0 Å². The van der Waals surface area contributed by atoms with Crippen LogP contribution in [0.3, 0.4) is 0 Å². The Labute approximate surface area is 177 Å². The van der Waals surface area contributed by atoms with Gasteiger partial charge >= 0.3 is 0 Å². The van der Waals surface area contributed by atoms with E-state index in [4.69, 9.17) is 27.6 Å². The van der Waals surface area contributed by atoms with Crippen LogP contribution >= 0.6 is 23.2 Å². The molecule has 0 aliphatic heterocycles. The van der Waals surface area contributed by atoms with Crippen molar-refractivity contribution >= 4 is 44.9 Å². The Morgan fingerprint density at radius 1 is 1.21 bits per heavy atom. The lowest BCUT2D eigenvalue weighted by Crippen LogP contribution is -2.10. The zero-order valence-corrected chi connectivity index (χ0v) is 17.9. The molecule has 4 rings (SSSR count). The van der Waals surface area contributed by atoms with Crippen LogP contribution in [0.5, 0.6) is 0 Å². The molecule has 0 radical (unpaired) electrons. The molecule has 1 aliphatic carbocycles. The molecule has 0 saturated heterocycles. The molecule has 1 fully saturated rings. The van der Waals surface area contributed by atoms with Crippen LogP contribution in [0.25, 0.3) is 22.7 Å². The highest BCUT2D eigenvalue weighted by Crippen LogP contribution is 2.46. The quantitative estimate of drug-likeness (QED) is 0.568. The van der Waals surface area contributed by atoms with Gasteiger partial charge in [-0.15, -0.1) is 0 Å². The molecule has 1 aromatic carbocycles. The van der Waals surface area contributed by atoms with E-state index in [1.807, 2.05) is 0 Å². The summed E-state index contributed by atoms with van der Waals surface area (Å²) in [6.07, 6.45) is 4.63. The van der Waals surface area contributed by atoms with Gasteiger partial charge in [-0.3, -0.25) is 4.72 Å². The van der Waals surface area contributed by atoms with Gasteiger partial charge in [0.15, 0.2) is 11.7 Å². The van der Waals surface area contributed by atoms with Gasteiger partial charge in [0.05, 0.1) is 17.0 Å². The first-order valence-corrected chi connectivity index (χ1v) is 11.4. The fourth-order valence-corrected chi connectivity index (χ4v) is 3.92. The molecule has 2 aromatic heterocycles. The Morgan fingerprint density at radius 3 is 2.62 bits per heavy atom. The number of benzene rings is 1. The van der Waals surface area contributed by atoms with Gasteiger partial charge in [-0.1, -0.05) is 23.2 Å². The van der Waals surface area contributed by atoms with E-state index >= 15 is 0 Å². The van der Waals surface area contributed by atoms with Gasteiger partial charge in [-0.2, -0.15) is 0 Å². The van der Waals surface area contributed by atoms with Crippen LogP contribution in [0.1, 0.15) is 24.7 Å². The Balaban J connectivity index is 1.91. The predicted octanol–water partition coefficient (Wildman–Crippen LogP) is 4.40. The lowest BCUT2D eigenvalue weighted by atomic mass is 10.1. The van der Waals surface area contributed by atoms with Crippen molar-refractivity contribution in [1.82, 2.24) is 15.0 Å². The Bertz CT molecular complexity index is 1190. The van der Waals surface area contributed by atoms with E-state index in [9.17, 15) is 8.42 Å². The standard InChI is InChI=1S/C18H17Cl2N5O3S/c1-21-18-22-6-5-12(23-18)16-15(24-17(28-16)9-3-4-9)11-7-10(19)8-13(14(11)20)25-29(2,26)27/h5-9,25H,3-4H2,1-2H3,(H,21,22,23). The van der Waals surface area contributed by atoms with Gasteiger partial charge in [0.25, 0.3) is 0 Å². The second kappa shape index (κ2) is 7.47. The van der Waals surface area contributed by atoms with E-state index in [1.165, 1.54) is 6.07 Å². The topological polar surface area (TPSA) is 110 Å². The van der Waals surface area contributed by atoms with Crippen molar-refractivity contribution in [2.75, 3.05) is 23.3 Å². The van der Waals surface area contributed by atoms with E-state index in [-0.39, 0.29) is 16.6 Å². The summed E-state index contributed by atoms with van der Waals surface area (Å²) in [7, 11) is -1.84. The first-order chi connectivity index (χ1) is 13.7. The molecule has 0 atom stereocenters. The molecule has 0 amide bonds. The molecule has 3 aromatic rings. The van der Waals surface area contributed by atoms with Gasteiger partial charge in [0.2, 0.25) is 16.0 Å². The highest BCUT2D eigenvalue weighted by Gasteiger charge is 2.32. The van der Waals surface area contributed by atoms with Gasteiger partial charge in [0.1, 0.15) is 11.4 Å². The average Bonchev–Trinajstić information content (AvgIpc) is 3.42. The number of nitrogens with one attached hydrogen (secondary N) is 2. The molecule has 0 spiro atoms. The highest BCUT2D eigenvalue weighted by molar-refractivity contribution is 7.92. The van der Waals surface area contributed by atoms with Crippen LogP contribution in [0, 0.1) is 0 Å². The van der Waals surface area contributed by atoms with Gasteiger partial charge < -0.3 is 9.73 Å². The largest absolute Gasteiger partial charge is 0.438 e. The van der Waals surface area contributed by atoms with Crippen molar-refractivity contribution in [2.45, 2.75) is 18.8 Å². The second-order valence-corrected chi connectivity index (χ2v) is 9.27. The summed E-state index contributed by atoms with van der Waals surface area (Å²) >= 11 is 12.8. The molecule has 1 saturated carbocycles. The van der Waals surface area contributed by atoms with E-state index in [1.54, 1.807) is 25.4 Å². The zero-order chi connectivity index (χ0) is 20.8. The molecule has 29 heavy (non-hydrogen) atoms. The minimum absolute atomic E-state index is 0.164. The number of hydrogen-bond acceptors (Lipinski definition) is 7. The maximum absolute atomic E-state index is 11.7. The highest BCUT2D eigenvalue weighted by atomic mass is 35.5. The number of oxazole rings is 1. The molecular weight excluding hydrogens is 437 g/mol. The van der Waals surface area contributed by atoms with Crippen LogP contribution < -0.4 is 10.0 Å². The number of rotatable bonds is 6. The molecule has 152 valence electrons. The molecule has 1 aliphatic rings. The first-order valence-electron chi connectivity index (χ1n) is 8.74. The minimum Gasteiger partial charge on any atom is -0.438 e. The maximum Gasteiger partial charge on any atom is 0.229 e. The van der Waals surface area contributed by atoms with Crippen LogP contribution in [0.4, 0.5) is 11.6 Å². The van der Waals surface area contributed by atoms with Gasteiger partial charge in [-0.25, -0.2) is 23.4 Å². The van der Waals surface area contributed by atoms with E-state index in [2.05, 4.69) is 25.0 Å². The van der Waals surface area contributed by atoms with E-state index in [0.29, 0.717) is 39.6 Å². The van der Waals surface area contributed by atoms with E-state index in [0.717, 1.165) is 19.1 Å². The van der Waals surface area contributed by atoms with Crippen molar-refractivity contribution in [3.8, 4) is 22.7 Å². The lowest BCUT2D eigenvalue weighted by Gasteiger charge is -2.11. The van der Waals surface area contributed by atoms with Gasteiger partial charge in [-0.05, 0) is 31.0 Å². The van der Waals surface area contributed by atoms with Crippen molar-refractivity contribution < 1.29 is 12.8 Å². The fraction of sp³-hybridized carbons (Fsp3) is 0.278. The number of nitrogens with zero attached hydrogens (tertiary/aromatic N) is 3. The Kier molecular flexibility index (Phi) is 5.14. The summed E-state index contributed by atoms with van der Waals surface area (Å²) in [4.78, 5) is 13.2. The van der Waals surface area contributed by atoms with Crippen LogP contribution in [0.15, 0.2) is 28.8 Å². The third kappa shape index (κ3) is 4.31. The number of sulfonamides is 1. The number of aromatic nitrogens is 3. The second-order valence-electron chi connectivity index (χ2n) is 6.71. The molecule has 11 heteroatoms. The van der Waals surface area contributed by atoms with Crippen molar-refractivity contribution in [3.63, 3.8) is 0 Å². The van der Waals surface area contributed by atoms with Crippen LogP contribution in [-0.4, -0.2) is 36.7 Å². The molecule has 2 heterocycles.